The van der Waals surface area contributed by atoms with Gasteiger partial charge >= 0.3 is 0 Å². The molecule has 0 radical (unpaired) electrons. The van der Waals surface area contributed by atoms with E-state index in [1.54, 1.807) is 0 Å². The van der Waals surface area contributed by atoms with Crippen molar-refractivity contribution in [1.29, 1.82) is 0 Å². The molecule has 88 valence electrons. The van der Waals surface area contributed by atoms with Crippen molar-refractivity contribution in [1.82, 2.24) is 0 Å². The van der Waals surface area contributed by atoms with Gasteiger partial charge in [0.15, 0.2) is 0 Å². The predicted octanol–water partition coefficient (Wildman–Crippen LogP) is 3.57. The lowest BCUT2D eigenvalue weighted by Gasteiger charge is -2.21. The Morgan fingerprint density at radius 3 is 2.59 bits per heavy atom. The summed E-state index contributed by atoms with van der Waals surface area (Å²) in [6.07, 6.45) is 0. The molecule has 0 aliphatic carbocycles. The fourth-order valence-corrected chi connectivity index (χ4v) is 2.02. The highest BCUT2D eigenvalue weighted by molar-refractivity contribution is 6.33. The summed E-state index contributed by atoms with van der Waals surface area (Å²) in [5, 5.41) is 0.744. The number of hydrogen-bond donors (Lipinski definition) is 1. The average molecular weight is 247 g/mol. The van der Waals surface area contributed by atoms with Crippen molar-refractivity contribution in [3.05, 3.63) is 59.1 Å². The minimum Gasteiger partial charge on any atom is -0.343 e. The van der Waals surface area contributed by atoms with Crippen molar-refractivity contribution >= 4 is 23.0 Å². The van der Waals surface area contributed by atoms with Crippen molar-refractivity contribution in [3.63, 3.8) is 0 Å². The van der Waals surface area contributed by atoms with Crippen molar-refractivity contribution in [2.24, 2.45) is 5.73 Å². The molecular weight excluding hydrogens is 232 g/mol. The Bertz CT molecular complexity index is 511. The molecule has 2 N–H and O–H groups in total. The minimum atomic E-state index is 0.546. The number of nitrogens with zero attached hydrogens (tertiary/aromatic N) is 1. The van der Waals surface area contributed by atoms with Gasteiger partial charge in [0.2, 0.25) is 0 Å². The molecule has 0 saturated carbocycles. The van der Waals surface area contributed by atoms with E-state index >= 15 is 0 Å². The third-order valence-electron chi connectivity index (χ3n) is 2.75. The molecule has 0 atom stereocenters. The first kappa shape index (κ1) is 12.0. The summed E-state index contributed by atoms with van der Waals surface area (Å²) < 4.78 is 0. The van der Waals surface area contributed by atoms with Crippen LogP contribution in [0.2, 0.25) is 5.02 Å². The lowest BCUT2D eigenvalue weighted by molar-refractivity contribution is 1.06. The molecule has 0 amide bonds. The summed E-state index contributed by atoms with van der Waals surface area (Å²) in [4.78, 5) is 2.06. The largest absolute Gasteiger partial charge is 0.343 e. The molecule has 0 aromatic heterocycles. The molecule has 0 saturated heterocycles. The molecule has 0 aliphatic rings. The second-order valence-electron chi connectivity index (χ2n) is 3.88. The second-order valence-corrected chi connectivity index (χ2v) is 4.29. The van der Waals surface area contributed by atoms with Crippen LogP contribution in [0.3, 0.4) is 0 Å². The zero-order valence-electron chi connectivity index (χ0n) is 9.73. The van der Waals surface area contributed by atoms with Gasteiger partial charge in [-0.25, -0.2) is 0 Å². The maximum Gasteiger partial charge on any atom is 0.0642 e. The fourth-order valence-electron chi connectivity index (χ4n) is 1.75. The number of para-hydroxylation sites is 1. The van der Waals surface area contributed by atoms with Crippen molar-refractivity contribution in [2.75, 3.05) is 11.9 Å². The number of hydrogen-bond acceptors (Lipinski definition) is 2. The van der Waals surface area contributed by atoms with Gasteiger partial charge in [0.25, 0.3) is 0 Å². The quantitative estimate of drug-likeness (QED) is 0.897. The Morgan fingerprint density at radius 2 is 1.88 bits per heavy atom. The van der Waals surface area contributed by atoms with Gasteiger partial charge in [-0.1, -0.05) is 35.9 Å². The average Bonchev–Trinajstić information content (AvgIpc) is 2.38. The molecule has 2 rings (SSSR count). The van der Waals surface area contributed by atoms with E-state index < -0.39 is 0 Å². The fraction of sp³-hybridized carbons (Fsp3) is 0.143. The number of rotatable bonds is 3. The molecule has 2 aromatic carbocycles. The van der Waals surface area contributed by atoms with Crippen LogP contribution in [0.15, 0.2) is 48.5 Å². The van der Waals surface area contributed by atoms with Crippen LogP contribution in [-0.2, 0) is 6.54 Å². The van der Waals surface area contributed by atoms with Crippen molar-refractivity contribution in [3.8, 4) is 0 Å². The highest BCUT2D eigenvalue weighted by Crippen LogP contribution is 2.30. The Balaban J connectivity index is 2.37. The highest BCUT2D eigenvalue weighted by Gasteiger charge is 2.07. The minimum absolute atomic E-state index is 0.546. The summed E-state index contributed by atoms with van der Waals surface area (Å²) in [5.41, 5.74) is 8.83. The Morgan fingerprint density at radius 1 is 1.12 bits per heavy atom. The molecule has 0 unspecified atom stereocenters. The Hall–Kier alpha value is -1.51. The smallest absolute Gasteiger partial charge is 0.0642 e. The summed E-state index contributed by atoms with van der Waals surface area (Å²) in [6, 6.07) is 15.9. The lowest BCUT2D eigenvalue weighted by Crippen LogP contribution is -2.10. The van der Waals surface area contributed by atoms with Crippen molar-refractivity contribution < 1.29 is 0 Å². The Labute approximate surface area is 107 Å². The van der Waals surface area contributed by atoms with Gasteiger partial charge in [0.1, 0.15) is 0 Å². The molecule has 2 nitrogen and oxygen atoms in total. The molecule has 3 heteroatoms. The van der Waals surface area contributed by atoms with Crippen LogP contribution in [0, 0.1) is 0 Å². The first-order valence-electron chi connectivity index (χ1n) is 5.49. The molecule has 0 bridgehead atoms. The van der Waals surface area contributed by atoms with Gasteiger partial charge in [-0.3, -0.25) is 0 Å². The molecule has 17 heavy (non-hydrogen) atoms. The molecule has 0 aliphatic heterocycles. The van der Waals surface area contributed by atoms with Gasteiger partial charge < -0.3 is 10.6 Å². The van der Waals surface area contributed by atoms with Crippen LogP contribution in [0.1, 0.15) is 5.56 Å². The van der Waals surface area contributed by atoms with E-state index in [1.165, 1.54) is 0 Å². The van der Waals surface area contributed by atoms with Gasteiger partial charge in [-0.05, 0) is 29.8 Å². The van der Waals surface area contributed by atoms with Crippen LogP contribution >= 0.6 is 11.6 Å². The Kier molecular flexibility index (Phi) is 3.67. The molecule has 0 heterocycles. The lowest BCUT2D eigenvalue weighted by atomic mass is 10.2. The number of anilines is 2. The zero-order valence-corrected chi connectivity index (χ0v) is 10.5. The predicted molar refractivity (Wildman–Crippen MR) is 73.8 cm³/mol. The maximum atomic E-state index is 6.18. The molecule has 0 spiro atoms. The SMILES string of the molecule is CN(c1cccc(CN)c1)c1ccccc1Cl. The van der Waals surface area contributed by atoms with Crippen LogP contribution in [0.25, 0.3) is 0 Å². The van der Waals surface area contributed by atoms with Gasteiger partial charge in [-0.15, -0.1) is 0 Å². The van der Waals surface area contributed by atoms with E-state index in [1.807, 2.05) is 49.5 Å². The monoisotopic (exact) mass is 246 g/mol. The number of benzene rings is 2. The summed E-state index contributed by atoms with van der Waals surface area (Å²) in [7, 11) is 2.00. The zero-order chi connectivity index (χ0) is 12.3. The summed E-state index contributed by atoms with van der Waals surface area (Å²) in [6.45, 7) is 0.546. The standard InChI is InChI=1S/C14H15ClN2/c1-17(14-8-3-2-7-13(14)15)12-6-4-5-11(9-12)10-16/h2-9H,10,16H2,1H3. The third-order valence-corrected chi connectivity index (χ3v) is 3.07. The molecule has 2 aromatic rings. The van der Waals surface area contributed by atoms with Crippen LogP contribution < -0.4 is 10.6 Å². The van der Waals surface area contributed by atoms with E-state index in [-0.39, 0.29) is 0 Å². The van der Waals surface area contributed by atoms with Crippen LogP contribution in [-0.4, -0.2) is 7.05 Å². The first-order valence-corrected chi connectivity index (χ1v) is 5.87. The van der Waals surface area contributed by atoms with Gasteiger partial charge in [0, 0.05) is 19.3 Å². The highest BCUT2D eigenvalue weighted by atomic mass is 35.5. The number of nitrogens with two attached hydrogens (primary N) is 1. The molecule has 0 fully saturated rings. The second kappa shape index (κ2) is 5.21. The van der Waals surface area contributed by atoms with E-state index in [4.69, 9.17) is 17.3 Å². The van der Waals surface area contributed by atoms with E-state index in [2.05, 4.69) is 11.0 Å². The van der Waals surface area contributed by atoms with E-state index in [0.717, 1.165) is 22.0 Å². The van der Waals surface area contributed by atoms with E-state index in [9.17, 15) is 0 Å². The number of halogens is 1. The first-order chi connectivity index (χ1) is 8.22. The van der Waals surface area contributed by atoms with Gasteiger partial charge in [-0.2, -0.15) is 0 Å². The van der Waals surface area contributed by atoms with Crippen molar-refractivity contribution in [2.45, 2.75) is 6.54 Å². The topological polar surface area (TPSA) is 29.3 Å². The third kappa shape index (κ3) is 2.60. The van der Waals surface area contributed by atoms with Crippen LogP contribution in [0.4, 0.5) is 11.4 Å². The summed E-state index contributed by atoms with van der Waals surface area (Å²) >= 11 is 6.18. The molecular formula is C14H15ClN2. The van der Waals surface area contributed by atoms with Gasteiger partial charge in [0.05, 0.1) is 10.7 Å². The normalized spacial score (nSPS) is 10.3. The van der Waals surface area contributed by atoms with E-state index in [0.29, 0.717) is 6.54 Å². The summed E-state index contributed by atoms with van der Waals surface area (Å²) in [5.74, 6) is 0. The van der Waals surface area contributed by atoms with Crippen LogP contribution in [0.5, 0.6) is 0 Å². The maximum absolute atomic E-state index is 6.18.